The number of hydrogen-bond acceptors (Lipinski definition) is 3. The molecule has 2 rings (SSSR count). The maximum Gasteiger partial charge on any atom is 0.222 e. The van der Waals surface area contributed by atoms with Crippen LogP contribution in [0.25, 0.3) is 0 Å². The van der Waals surface area contributed by atoms with Crippen LogP contribution in [0.2, 0.25) is 0 Å². The molecular weight excluding hydrogens is 297 g/mol. The van der Waals surface area contributed by atoms with E-state index in [0.29, 0.717) is 18.5 Å². The molecule has 0 heterocycles. The molecule has 0 aliphatic heterocycles. The van der Waals surface area contributed by atoms with E-state index in [9.17, 15) is 14.3 Å². The van der Waals surface area contributed by atoms with E-state index in [2.05, 4.69) is 0 Å². The summed E-state index contributed by atoms with van der Waals surface area (Å²) in [6, 6.07) is 11.6. The monoisotopic (exact) mass is 317 g/mol. The highest BCUT2D eigenvalue weighted by molar-refractivity contribution is 5.76. The highest BCUT2D eigenvalue weighted by Crippen LogP contribution is 2.20. The van der Waals surface area contributed by atoms with Gasteiger partial charge in [0.25, 0.3) is 0 Å². The van der Waals surface area contributed by atoms with Gasteiger partial charge in [0, 0.05) is 20.0 Å². The van der Waals surface area contributed by atoms with Crippen LogP contribution in [0, 0.1) is 5.82 Å². The molecule has 2 aromatic rings. The van der Waals surface area contributed by atoms with Gasteiger partial charge in [0.15, 0.2) is 11.6 Å². The number of phenols is 1. The summed E-state index contributed by atoms with van der Waals surface area (Å²) in [5, 5.41) is 9.70. The molecule has 1 amide bonds. The first-order valence-corrected chi connectivity index (χ1v) is 7.34. The van der Waals surface area contributed by atoms with Gasteiger partial charge in [-0.3, -0.25) is 4.79 Å². The fraction of sp³-hybridized carbons (Fsp3) is 0.278. The van der Waals surface area contributed by atoms with Crippen LogP contribution in [0.15, 0.2) is 42.5 Å². The number of carbonyl (C=O) groups is 1. The molecular formula is C18H20FNO3. The summed E-state index contributed by atoms with van der Waals surface area (Å²) in [6.07, 6.45) is 0.750. The molecule has 0 aliphatic rings. The first-order valence-electron chi connectivity index (χ1n) is 7.34. The van der Waals surface area contributed by atoms with Gasteiger partial charge in [0.1, 0.15) is 5.75 Å². The van der Waals surface area contributed by atoms with Crippen molar-refractivity contribution in [3.63, 3.8) is 0 Å². The van der Waals surface area contributed by atoms with Crippen molar-refractivity contribution in [2.75, 3.05) is 14.2 Å². The van der Waals surface area contributed by atoms with Crippen LogP contribution in [-0.4, -0.2) is 30.1 Å². The molecule has 1 N–H and O–H groups in total. The van der Waals surface area contributed by atoms with Gasteiger partial charge in [-0.05, 0) is 35.7 Å². The number of para-hydroxylation sites is 1. The Morgan fingerprint density at radius 2 is 2.00 bits per heavy atom. The molecule has 0 fully saturated rings. The quantitative estimate of drug-likeness (QED) is 0.890. The van der Waals surface area contributed by atoms with E-state index in [1.165, 1.54) is 13.2 Å². The number of nitrogens with zero attached hydrogens (tertiary/aromatic N) is 1. The Kier molecular flexibility index (Phi) is 5.57. The average Bonchev–Trinajstić information content (AvgIpc) is 2.54. The Morgan fingerprint density at radius 1 is 1.26 bits per heavy atom. The van der Waals surface area contributed by atoms with Crippen molar-refractivity contribution in [3.8, 4) is 11.5 Å². The molecule has 0 unspecified atom stereocenters. The number of amides is 1. The van der Waals surface area contributed by atoms with Crippen LogP contribution in [-0.2, 0) is 17.8 Å². The number of aromatic hydroxyl groups is 1. The van der Waals surface area contributed by atoms with Crippen LogP contribution in [0.4, 0.5) is 4.39 Å². The van der Waals surface area contributed by atoms with E-state index in [0.717, 1.165) is 5.56 Å². The van der Waals surface area contributed by atoms with Gasteiger partial charge in [0.05, 0.1) is 7.11 Å². The highest BCUT2D eigenvalue weighted by Gasteiger charge is 2.12. The molecule has 4 nitrogen and oxygen atoms in total. The summed E-state index contributed by atoms with van der Waals surface area (Å²) >= 11 is 0. The summed E-state index contributed by atoms with van der Waals surface area (Å²) in [6.45, 7) is 0.320. The van der Waals surface area contributed by atoms with Crippen molar-refractivity contribution in [1.82, 2.24) is 4.90 Å². The topological polar surface area (TPSA) is 49.8 Å². The number of benzene rings is 2. The predicted molar refractivity (Wildman–Crippen MR) is 85.9 cm³/mol. The minimum Gasteiger partial charge on any atom is -0.508 e. The third kappa shape index (κ3) is 4.45. The normalized spacial score (nSPS) is 10.4. The number of carbonyl (C=O) groups excluding carboxylic acids is 1. The number of rotatable bonds is 6. The lowest BCUT2D eigenvalue weighted by molar-refractivity contribution is -0.130. The molecule has 0 saturated carbocycles. The first-order chi connectivity index (χ1) is 11.0. The minimum atomic E-state index is -0.444. The zero-order valence-electron chi connectivity index (χ0n) is 13.3. The molecule has 0 spiro atoms. The number of ether oxygens (including phenoxy) is 1. The number of phenolic OH excluding ortho intramolecular Hbond substituents is 1. The largest absolute Gasteiger partial charge is 0.508 e. The zero-order chi connectivity index (χ0) is 16.8. The van der Waals surface area contributed by atoms with E-state index in [4.69, 9.17) is 4.74 Å². The van der Waals surface area contributed by atoms with Gasteiger partial charge < -0.3 is 14.7 Å². The van der Waals surface area contributed by atoms with Crippen LogP contribution < -0.4 is 4.74 Å². The van der Waals surface area contributed by atoms with E-state index >= 15 is 0 Å². The van der Waals surface area contributed by atoms with Crippen molar-refractivity contribution >= 4 is 5.91 Å². The zero-order valence-corrected chi connectivity index (χ0v) is 13.3. The van der Waals surface area contributed by atoms with E-state index < -0.39 is 5.82 Å². The highest BCUT2D eigenvalue weighted by atomic mass is 19.1. The van der Waals surface area contributed by atoms with Gasteiger partial charge in [-0.1, -0.05) is 24.3 Å². The van der Waals surface area contributed by atoms with E-state index in [-0.39, 0.29) is 23.8 Å². The average molecular weight is 317 g/mol. The fourth-order valence-electron chi connectivity index (χ4n) is 2.32. The standard InChI is InChI=1S/C18H20FNO3/c1-20(12-13-7-9-17(23-2)15(19)11-13)18(22)10-8-14-5-3-4-6-16(14)21/h3-7,9,11,21H,8,10,12H2,1-2H3. The Morgan fingerprint density at radius 3 is 2.65 bits per heavy atom. The van der Waals surface area contributed by atoms with Crippen LogP contribution in [0.5, 0.6) is 11.5 Å². The van der Waals surface area contributed by atoms with Gasteiger partial charge in [-0.25, -0.2) is 4.39 Å². The number of hydrogen-bond donors (Lipinski definition) is 1. The summed E-state index contributed by atoms with van der Waals surface area (Å²) in [5.74, 6) is -0.132. The van der Waals surface area contributed by atoms with E-state index in [1.54, 1.807) is 42.3 Å². The van der Waals surface area contributed by atoms with Crippen molar-refractivity contribution in [2.45, 2.75) is 19.4 Å². The molecule has 0 aromatic heterocycles. The number of methoxy groups -OCH3 is 1. The number of aryl methyl sites for hydroxylation is 1. The molecule has 0 atom stereocenters. The second-order valence-corrected chi connectivity index (χ2v) is 5.35. The summed E-state index contributed by atoms with van der Waals surface area (Å²) in [7, 11) is 3.09. The second-order valence-electron chi connectivity index (χ2n) is 5.35. The molecule has 2 aromatic carbocycles. The SMILES string of the molecule is COc1ccc(CN(C)C(=O)CCc2ccccc2O)cc1F. The Hall–Kier alpha value is -2.56. The van der Waals surface area contributed by atoms with Crippen molar-refractivity contribution in [1.29, 1.82) is 0 Å². The molecule has 122 valence electrons. The van der Waals surface area contributed by atoms with Gasteiger partial charge in [0.2, 0.25) is 5.91 Å². The summed E-state index contributed by atoms with van der Waals surface area (Å²) in [4.78, 5) is 13.7. The van der Waals surface area contributed by atoms with Gasteiger partial charge in [-0.15, -0.1) is 0 Å². The lowest BCUT2D eigenvalue weighted by atomic mass is 10.1. The van der Waals surface area contributed by atoms with Crippen molar-refractivity contribution in [3.05, 3.63) is 59.4 Å². The Balaban J connectivity index is 1.92. The third-order valence-electron chi connectivity index (χ3n) is 3.66. The molecule has 0 bridgehead atoms. The van der Waals surface area contributed by atoms with E-state index in [1.807, 2.05) is 6.07 Å². The molecule has 0 aliphatic carbocycles. The van der Waals surface area contributed by atoms with Gasteiger partial charge in [-0.2, -0.15) is 0 Å². The predicted octanol–water partition coefficient (Wildman–Crippen LogP) is 3.13. The maximum atomic E-state index is 13.7. The maximum absolute atomic E-state index is 13.7. The number of halogens is 1. The third-order valence-corrected chi connectivity index (χ3v) is 3.66. The lowest BCUT2D eigenvalue weighted by Gasteiger charge is -2.18. The van der Waals surface area contributed by atoms with Crippen LogP contribution in [0.3, 0.4) is 0 Å². The van der Waals surface area contributed by atoms with Crippen LogP contribution >= 0.6 is 0 Å². The first kappa shape index (κ1) is 16.8. The van der Waals surface area contributed by atoms with Crippen LogP contribution in [0.1, 0.15) is 17.5 Å². The summed E-state index contributed by atoms with van der Waals surface area (Å²) < 4.78 is 18.5. The van der Waals surface area contributed by atoms with Gasteiger partial charge >= 0.3 is 0 Å². The van der Waals surface area contributed by atoms with Crippen molar-refractivity contribution in [2.24, 2.45) is 0 Å². The molecule has 23 heavy (non-hydrogen) atoms. The molecule has 5 heteroatoms. The lowest BCUT2D eigenvalue weighted by Crippen LogP contribution is -2.26. The Bertz CT molecular complexity index is 688. The molecule has 0 saturated heterocycles. The second kappa shape index (κ2) is 7.63. The molecule has 0 radical (unpaired) electrons. The smallest absolute Gasteiger partial charge is 0.222 e. The van der Waals surface area contributed by atoms with Crippen molar-refractivity contribution < 1.29 is 19.0 Å². The summed E-state index contributed by atoms with van der Waals surface area (Å²) in [5.41, 5.74) is 1.44. The minimum absolute atomic E-state index is 0.0653. The Labute approximate surface area is 135 Å². The fourth-order valence-corrected chi connectivity index (χ4v) is 2.32.